The van der Waals surface area contributed by atoms with Crippen molar-refractivity contribution in [2.75, 3.05) is 5.32 Å². The van der Waals surface area contributed by atoms with Crippen molar-refractivity contribution in [1.29, 1.82) is 0 Å². The highest BCUT2D eigenvalue weighted by molar-refractivity contribution is 7.80. The number of thiocarbonyl (C=S) groups is 1. The van der Waals surface area contributed by atoms with Crippen LogP contribution in [0.3, 0.4) is 0 Å². The second kappa shape index (κ2) is 7.74. The van der Waals surface area contributed by atoms with Crippen LogP contribution in [0.25, 0.3) is 5.69 Å². The van der Waals surface area contributed by atoms with E-state index in [1.807, 2.05) is 49.4 Å². The van der Waals surface area contributed by atoms with Crippen molar-refractivity contribution in [3.8, 4) is 23.2 Å². The summed E-state index contributed by atoms with van der Waals surface area (Å²) in [5.41, 5.74) is 9.88. The fraction of sp³-hybridized carbons (Fsp3) is 0.0909. The van der Waals surface area contributed by atoms with E-state index in [2.05, 4.69) is 15.3 Å². The third-order valence-electron chi connectivity index (χ3n) is 5.24. The molecule has 160 valence electrons. The molecule has 2 aromatic heterocycles. The van der Waals surface area contributed by atoms with Crippen LogP contribution in [-0.2, 0) is 0 Å². The van der Waals surface area contributed by atoms with Gasteiger partial charge in [0.2, 0.25) is 16.5 Å². The van der Waals surface area contributed by atoms with Crippen molar-refractivity contribution in [3.63, 3.8) is 0 Å². The SMILES string of the molecule is Cc1nn(-c2ccccc2)c2c1C(c1ccc(O)cc1)c1c(nc(=S)[nH]c1NC(N)=S)O2. The van der Waals surface area contributed by atoms with Crippen LogP contribution in [0.15, 0.2) is 54.6 Å². The minimum atomic E-state index is -0.331. The number of hydrogen-bond acceptors (Lipinski definition) is 6. The smallest absolute Gasteiger partial charge is 0.231 e. The number of para-hydroxylation sites is 1. The lowest BCUT2D eigenvalue weighted by atomic mass is 9.84. The first-order valence-corrected chi connectivity index (χ1v) is 10.6. The van der Waals surface area contributed by atoms with Gasteiger partial charge in [-0.1, -0.05) is 30.3 Å². The molecule has 4 aromatic rings. The molecule has 0 radical (unpaired) electrons. The Kier molecular flexibility index (Phi) is 4.87. The second-order valence-corrected chi connectivity index (χ2v) is 8.13. The summed E-state index contributed by atoms with van der Waals surface area (Å²) in [7, 11) is 0. The zero-order chi connectivity index (χ0) is 22.4. The highest BCUT2D eigenvalue weighted by atomic mass is 32.1. The van der Waals surface area contributed by atoms with Crippen LogP contribution in [0, 0.1) is 11.7 Å². The molecule has 1 unspecified atom stereocenters. The lowest BCUT2D eigenvalue weighted by molar-refractivity contribution is 0.402. The Morgan fingerprint density at radius 3 is 2.56 bits per heavy atom. The first-order chi connectivity index (χ1) is 15.4. The summed E-state index contributed by atoms with van der Waals surface area (Å²) in [5, 5.41) is 17.6. The molecule has 0 bridgehead atoms. The Bertz CT molecular complexity index is 1400. The summed E-state index contributed by atoms with van der Waals surface area (Å²) in [4.78, 5) is 7.48. The number of phenolic OH excluding ortho intramolecular Hbond substituents is 1. The van der Waals surface area contributed by atoms with Gasteiger partial charge in [-0.15, -0.1) is 0 Å². The van der Waals surface area contributed by atoms with Gasteiger partial charge in [0.25, 0.3) is 0 Å². The van der Waals surface area contributed by atoms with Gasteiger partial charge in [-0.2, -0.15) is 10.1 Å². The monoisotopic (exact) mass is 462 g/mol. The zero-order valence-corrected chi connectivity index (χ0v) is 18.5. The van der Waals surface area contributed by atoms with Crippen molar-refractivity contribution in [2.45, 2.75) is 12.8 Å². The number of nitrogens with two attached hydrogens (primary N) is 1. The lowest BCUT2D eigenvalue weighted by Gasteiger charge is -2.28. The molecule has 1 aliphatic rings. The summed E-state index contributed by atoms with van der Waals surface area (Å²) in [6.07, 6.45) is 0. The fourth-order valence-electron chi connectivity index (χ4n) is 3.96. The van der Waals surface area contributed by atoms with Crippen LogP contribution in [0.5, 0.6) is 17.5 Å². The van der Waals surface area contributed by atoms with Crippen LogP contribution in [0.4, 0.5) is 5.82 Å². The normalized spacial score (nSPS) is 14.2. The first-order valence-electron chi connectivity index (χ1n) is 9.74. The maximum Gasteiger partial charge on any atom is 0.231 e. The molecule has 0 spiro atoms. The van der Waals surface area contributed by atoms with Crippen molar-refractivity contribution in [2.24, 2.45) is 5.73 Å². The molecule has 0 amide bonds. The zero-order valence-electron chi connectivity index (χ0n) is 16.9. The molecule has 32 heavy (non-hydrogen) atoms. The number of aryl methyl sites for hydroxylation is 1. The first kappa shape index (κ1) is 20.2. The summed E-state index contributed by atoms with van der Waals surface area (Å²) in [6, 6.07) is 16.7. The average molecular weight is 463 g/mol. The van der Waals surface area contributed by atoms with Crippen molar-refractivity contribution in [3.05, 3.63) is 81.8 Å². The van der Waals surface area contributed by atoms with Gasteiger partial charge < -0.3 is 25.9 Å². The lowest BCUT2D eigenvalue weighted by Crippen LogP contribution is -2.24. The van der Waals surface area contributed by atoms with Crippen molar-refractivity contribution < 1.29 is 9.84 Å². The molecular weight excluding hydrogens is 444 g/mol. The van der Waals surface area contributed by atoms with E-state index in [0.717, 1.165) is 22.5 Å². The third-order valence-corrected chi connectivity index (χ3v) is 5.54. The quantitative estimate of drug-likeness (QED) is 0.294. The average Bonchev–Trinajstić information content (AvgIpc) is 3.09. The molecule has 0 saturated heterocycles. The fourth-order valence-corrected chi connectivity index (χ4v) is 4.24. The Balaban J connectivity index is 1.81. The second-order valence-electron chi connectivity index (χ2n) is 7.30. The molecule has 3 heterocycles. The van der Waals surface area contributed by atoms with Crippen LogP contribution < -0.4 is 15.8 Å². The molecule has 0 aliphatic carbocycles. The predicted octanol–water partition coefficient (Wildman–Crippen LogP) is 4.28. The highest BCUT2D eigenvalue weighted by Gasteiger charge is 2.38. The summed E-state index contributed by atoms with van der Waals surface area (Å²) < 4.78 is 8.26. The van der Waals surface area contributed by atoms with E-state index in [1.54, 1.807) is 16.8 Å². The van der Waals surface area contributed by atoms with E-state index in [0.29, 0.717) is 23.1 Å². The van der Waals surface area contributed by atoms with E-state index in [-0.39, 0.29) is 21.6 Å². The molecule has 10 heteroatoms. The Labute approximate surface area is 193 Å². The van der Waals surface area contributed by atoms with Gasteiger partial charge in [0.1, 0.15) is 11.6 Å². The van der Waals surface area contributed by atoms with Gasteiger partial charge in [-0.25, -0.2) is 4.68 Å². The number of nitrogens with one attached hydrogen (secondary N) is 2. The number of benzene rings is 2. The number of aromatic amines is 1. The minimum absolute atomic E-state index is 0.0796. The van der Waals surface area contributed by atoms with Crippen LogP contribution >= 0.6 is 24.4 Å². The Morgan fingerprint density at radius 2 is 1.88 bits per heavy atom. The largest absolute Gasteiger partial charge is 0.508 e. The van der Waals surface area contributed by atoms with Gasteiger partial charge in [-0.05, 0) is 61.2 Å². The highest BCUT2D eigenvalue weighted by Crippen LogP contribution is 2.50. The van der Waals surface area contributed by atoms with Crippen LogP contribution in [0.1, 0.15) is 28.3 Å². The number of nitrogens with zero attached hydrogens (tertiary/aromatic N) is 3. The number of phenols is 1. The molecule has 0 saturated carbocycles. The maximum atomic E-state index is 9.84. The summed E-state index contributed by atoms with van der Waals surface area (Å²) in [5.74, 6) is 1.22. The number of ether oxygens (including phenoxy) is 1. The molecule has 2 aromatic carbocycles. The maximum absolute atomic E-state index is 9.84. The van der Waals surface area contributed by atoms with Crippen molar-refractivity contribution >= 4 is 35.4 Å². The number of fused-ring (bicyclic) bond motifs is 2. The Hall–Kier alpha value is -3.76. The number of aromatic hydroxyl groups is 1. The van der Waals surface area contributed by atoms with Crippen molar-refractivity contribution in [1.82, 2.24) is 19.7 Å². The van der Waals surface area contributed by atoms with Gasteiger partial charge in [-0.3, -0.25) is 0 Å². The molecule has 5 N–H and O–H groups in total. The van der Waals surface area contributed by atoms with Gasteiger partial charge in [0.15, 0.2) is 5.11 Å². The molecule has 5 rings (SSSR count). The molecular formula is C22H18N6O2S2. The number of anilines is 1. The number of H-pyrrole nitrogens is 1. The Morgan fingerprint density at radius 1 is 1.16 bits per heavy atom. The van der Waals surface area contributed by atoms with Gasteiger partial charge in [0, 0.05) is 0 Å². The van der Waals surface area contributed by atoms with Gasteiger partial charge in [0.05, 0.1) is 28.4 Å². The van der Waals surface area contributed by atoms with Gasteiger partial charge >= 0.3 is 0 Å². The molecule has 8 nitrogen and oxygen atoms in total. The molecule has 1 atom stereocenters. The van der Waals surface area contributed by atoms with Crippen LogP contribution in [0.2, 0.25) is 0 Å². The topological polar surface area (TPSA) is 114 Å². The van der Waals surface area contributed by atoms with E-state index in [1.165, 1.54) is 0 Å². The van der Waals surface area contributed by atoms with E-state index >= 15 is 0 Å². The molecule has 1 aliphatic heterocycles. The van der Waals surface area contributed by atoms with E-state index in [4.69, 9.17) is 40.0 Å². The third kappa shape index (κ3) is 3.39. The minimum Gasteiger partial charge on any atom is -0.508 e. The predicted molar refractivity (Wildman–Crippen MR) is 127 cm³/mol. The number of rotatable bonds is 3. The standard InChI is InChI=1S/C22H18N6O2S2/c1-11-15-16(12-7-9-14(29)10-8-12)17-18(24-21(23)31)25-22(32)26-19(17)30-20(15)28(27-11)13-5-3-2-4-6-13/h2-10,16,29H,1H3,(H4,23,24,25,26,31,32). The molecule has 0 fully saturated rings. The summed E-state index contributed by atoms with van der Waals surface area (Å²) >= 11 is 10.4. The van der Waals surface area contributed by atoms with E-state index in [9.17, 15) is 5.11 Å². The van der Waals surface area contributed by atoms with E-state index < -0.39 is 0 Å². The number of hydrogen-bond donors (Lipinski definition) is 4. The van der Waals surface area contributed by atoms with Crippen LogP contribution in [-0.4, -0.2) is 30.0 Å². The summed E-state index contributed by atoms with van der Waals surface area (Å²) in [6.45, 7) is 1.93. The number of aromatic nitrogens is 4.